The lowest BCUT2D eigenvalue weighted by Gasteiger charge is -2.28. The van der Waals surface area contributed by atoms with Gasteiger partial charge in [-0.1, -0.05) is 18.2 Å². The van der Waals surface area contributed by atoms with Crippen LogP contribution in [-0.4, -0.2) is 42.1 Å². The van der Waals surface area contributed by atoms with E-state index in [1.165, 1.54) is 0 Å². The number of benzene rings is 1. The van der Waals surface area contributed by atoms with E-state index in [1.54, 1.807) is 20.0 Å². The van der Waals surface area contributed by atoms with Gasteiger partial charge < -0.3 is 19.8 Å². The lowest BCUT2D eigenvalue weighted by molar-refractivity contribution is -0.167. The van der Waals surface area contributed by atoms with Crippen molar-refractivity contribution >= 4 is 29.3 Å². The zero-order chi connectivity index (χ0) is 18.4. The number of para-hydroxylation sites is 1. The molecular weight excluding hydrogens is 324 g/mol. The van der Waals surface area contributed by atoms with E-state index < -0.39 is 17.5 Å². The minimum absolute atomic E-state index is 0.0765. The fraction of sp³-hybridized carbons (Fsp3) is 0.389. The molecule has 0 spiro atoms. The summed E-state index contributed by atoms with van der Waals surface area (Å²) in [6.07, 6.45) is 1.96. The number of hydrogen-bond acceptors (Lipinski definition) is 5. The molecule has 0 saturated carbocycles. The lowest BCUT2D eigenvalue weighted by atomic mass is 9.90. The first-order chi connectivity index (χ1) is 12.0. The number of aromatic amines is 1. The molecule has 0 fully saturated rings. The van der Waals surface area contributed by atoms with Gasteiger partial charge in [0.1, 0.15) is 0 Å². The summed E-state index contributed by atoms with van der Waals surface area (Å²) in [6.45, 7) is 5.37. The Labute approximate surface area is 145 Å². The summed E-state index contributed by atoms with van der Waals surface area (Å²) in [4.78, 5) is 39.4. The lowest BCUT2D eigenvalue weighted by Crippen LogP contribution is -2.60. The number of rotatable bonds is 8. The van der Waals surface area contributed by atoms with E-state index in [4.69, 9.17) is 9.47 Å². The molecule has 0 aliphatic heterocycles. The predicted octanol–water partition coefficient (Wildman–Crippen LogP) is 1.63. The van der Waals surface area contributed by atoms with Crippen molar-refractivity contribution in [2.45, 2.75) is 32.7 Å². The maximum Gasteiger partial charge on any atom is 0.344 e. The maximum absolute atomic E-state index is 12.5. The predicted molar refractivity (Wildman–Crippen MR) is 91.9 cm³/mol. The van der Waals surface area contributed by atoms with Crippen molar-refractivity contribution in [3.05, 3.63) is 35.5 Å². The van der Waals surface area contributed by atoms with Crippen molar-refractivity contribution in [2.24, 2.45) is 0 Å². The van der Waals surface area contributed by atoms with E-state index in [9.17, 15) is 14.4 Å². The van der Waals surface area contributed by atoms with Gasteiger partial charge >= 0.3 is 11.9 Å². The minimum Gasteiger partial charge on any atom is -0.464 e. The smallest absolute Gasteiger partial charge is 0.344 e. The number of hydrogen-bond donors (Lipinski definition) is 2. The van der Waals surface area contributed by atoms with Crippen molar-refractivity contribution in [3.8, 4) is 0 Å². The Balaban J connectivity index is 2.53. The molecule has 2 aromatic rings. The molecule has 1 aromatic carbocycles. The highest BCUT2D eigenvalue weighted by molar-refractivity contribution is 6.07. The van der Waals surface area contributed by atoms with Crippen LogP contribution in [-0.2, 0) is 30.3 Å². The highest BCUT2D eigenvalue weighted by Crippen LogP contribution is 2.26. The number of ether oxygens (including phenoxy) is 2. The van der Waals surface area contributed by atoms with Crippen LogP contribution in [0, 0.1) is 6.92 Å². The highest BCUT2D eigenvalue weighted by atomic mass is 16.6. The van der Waals surface area contributed by atoms with Crippen molar-refractivity contribution in [2.75, 3.05) is 13.2 Å². The quantitative estimate of drug-likeness (QED) is 0.430. The Morgan fingerprint density at radius 3 is 2.40 bits per heavy atom. The monoisotopic (exact) mass is 346 g/mol. The van der Waals surface area contributed by atoms with Crippen LogP contribution in [0.1, 0.15) is 25.0 Å². The molecule has 1 amide bonds. The van der Waals surface area contributed by atoms with Crippen molar-refractivity contribution < 1.29 is 23.9 Å². The number of aromatic nitrogens is 1. The molecule has 7 heteroatoms. The van der Waals surface area contributed by atoms with E-state index in [0.717, 1.165) is 16.5 Å². The van der Waals surface area contributed by atoms with E-state index in [-0.39, 0.29) is 19.6 Å². The Morgan fingerprint density at radius 1 is 1.20 bits per heavy atom. The molecule has 2 N–H and O–H groups in total. The molecule has 7 nitrogen and oxygen atoms in total. The van der Waals surface area contributed by atoms with Gasteiger partial charge in [0.25, 0.3) is 0 Å². The van der Waals surface area contributed by atoms with E-state index in [2.05, 4.69) is 10.3 Å². The average Bonchev–Trinajstić information content (AvgIpc) is 2.99. The van der Waals surface area contributed by atoms with Gasteiger partial charge in [-0.05, 0) is 31.9 Å². The Bertz CT molecular complexity index is 763. The molecular formula is C18H22N2O5. The Kier molecular flexibility index (Phi) is 5.80. The van der Waals surface area contributed by atoms with E-state index in [1.807, 2.05) is 25.1 Å². The number of carbonyl (C=O) groups is 3. The van der Waals surface area contributed by atoms with Crippen LogP contribution in [0.4, 0.5) is 0 Å². The first-order valence-electron chi connectivity index (χ1n) is 8.11. The average molecular weight is 346 g/mol. The molecule has 1 aromatic heterocycles. The van der Waals surface area contributed by atoms with Gasteiger partial charge in [-0.25, -0.2) is 9.59 Å². The van der Waals surface area contributed by atoms with Gasteiger partial charge in [0, 0.05) is 23.5 Å². The number of fused-ring (bicyclic) bond motifs is 1. The summed E-state index contributed by atoms with van der Waals surface area (Å²) < 4.78 is 10.1. The molecule has 0 saturated heterocycles. The normalized spacial score (nSPS) is 11.2. The summed E-state index contributed by atoms with van der Waals surface area (Å²) in [5.74, 6) is -1.69. The first-order valence-corrected chi connectivity index (χ1v) is 8.11. The van der Waals surface area contributed by atoms with Crippen molar-refractivity contribution in [1.29, 1.82) is 0 Å². The van der Waals surface area contributed by atoms with Gasteiger partial charge in [-0.2, -0.15) is 0 Å². The third-order valence-corrected chi connectivity index (χ3v) is 4.02. The zero-order valence-corrected chi connectivity index (χ0v) is 14.5. The number of amides is 1. The topological polar surface area (TPSA) is 97.5 Å². The van der Waals surface area contributed by atoms with Crippen LogP contribution in [0.15, 0.2) is 24.4 Å². The standard InChI is InChI=1S/C18H22N2O5/c1-4-24-16(22)18(20-11-21,17(23)25-5-2)9-13-10-19-15-12(3)7-6-8-14(13)15/h6-8,10-11,19H,4-5,9H2,1-3H3,(H,20,21). The van der Waals surface area contributed by atoms with Crippen LogP contribution in [0.5, 0.6) is 0 Å². The molecule has 0 atom stereocenters. The van der Waals surface area contributed by atoms with Crippen LogP contribution in [0.3, 0.4) is 0 Å². The van der Waals surface area contributed by atoms with Gasteiger partial charge in [0.15, 0.2) is 0 Å². The molecule has 0 radical (unpaired) electrons. The van der Waals surface area contributed by atoms with Crippen LogP contribution in [0.2, 0.25) is 0 Å². The summed E-state index contributed by atoms with van der Waals surface area (Å²) in [7, 11) is 0. The van der Waals surface area contributed by atoms with Crippen LogP contribution >= 0.6 is 0 Å². The number of nitrogens with one attached hydrogen (secondary N) is 2. The number of esters is 2. The molecule has 134 valence electrons. The molecule has 1 heterocycles. The summed E-state index contributed by atoms with van der Waals surface area (Å²) >= 11 is 0. The van der Waals surface area contributed by atoms with Crippen LogP contribution in [0.25, 0.3) is 10.9 Å². The second kappa shape index (κ2) is 7.83. The van der Waals surface area contributed by atoms with Gasteiger partial charge in [0.05, 0.1) is 13.2 Å². The minimum atomic E-state index is -1.92. The van der Waals surface area contributed by atoms with Gasteiger partial charge in [-0.15, -0.1) is 0 Å². The van der Waals surface area contributed by atoms with Crippen molar-refractivity contribution in [3.63, 3.8) is 0 Å². The number of aryl methyl sites for hydroxylation is 1. The molecule has 0 aliphatic carbocycles. The molecule has 0 bridgehead atoms. The Hall–Kier alpha value is -2.83. The number of H-pyrrole nitrogens is 1. The number of carbonyl (C=O) groups excluding carboxylic acids is 3. The van der Waals surface area contributed by atoms with E-state index in [0.29, 0.717) is 12.0 Å². The molecule has 0 unspecified atom stereocenters. The maximum atomic E-state index is 12.5. The fourth-order valence-corrected chi connectivity index (χ4v) is 2.80. The largest absolute Gasteiger partial charge is 0.464 e. The van der Waals surface area contributed by atoms with Crippen LogP contribution < -0.4 is 5.32 Å². The third-order valence-electron chi connectivity index (χ3n) is 4.02. The molecule has 2 rings (SSSR count). The first kappa shape index (κ1) is 18.5. The molecule has 25 heavy (non-hydrogen) atoms. The summed E-state index contributed by atoms with van der Waals surface area (Å²) in [6, 6.07) is 5.73. The van der Waals surface area contributed by atoms with E-state index >= 15 is 0 Å². The highest BCUT2D eigenvalue weighted by Gasteiger charge is 2.49. The Morgan fingerprint density at radius 2 is 1.84 bits per heavy atom. The van der Waals surface area contributed by atoms with Crippen molar-refractivity contribution in [1.82, 2.24) is 10.3 Å². The fourth-order valence-electron chi connectivity index (χ4n) is 2.80. The second-order valence-electron chi connectivity index (χ2n) is 5.60. The third kappa shape index (κ3) is 3.50. The summed E-state index contributed by atoms with van der Waals surface area (Å²) in [5, 5.41) is 3.21. The second-order valence-corrected chi connectivity index (χ2v) is 5.60. The summed E-state index contributed by atoms with van der Waals surface area (Å²) in [5.41, 5.74) is 0.719. The SMILES string of the molecule is CCOC(=O)C(Cc1c[nH]c2c(C)cccc12)(NC=O)C(=O)OCC. The zero-order valence-electron chi connectivity index (χ0n) is 14.5. The molecule has 0 aliphatic rings. The van der Waals surface area contributed by atoms with Gasteiger partial charge in [-0.3, -0.25) is 4.79 Å². The van der Waals surface area contributed by atoms with Gasteiger partial charge in [0.2, 0.25) is 11.9 Å².